The van der Waals surface area contributed by atoms with E-state index in [1.807, 2.05) is 0 Å². The minimum atomic E-state index is -0.892. The smallest absolute Gasteiger partial charge is 0.0447 e. The van der Waals surface area contributed by atoms with Gasteiger partial charge in [0.2, 0.25) is 0 Å². The molecule has 0 N–H and O–H groups in total. The van der Waals surface area contributed by atoms with Gasteiger partial charge in [0.15, 0.2) is 0 Å². The highest BCUT2D eigenvalue weighted by atomic mass is 28.3. The van der Waals surface area contributed by atoms with Gasteiger partial charge in [-0.25, -0.2) is 0 Å². The first-order valence-corrected chi connectivity index (χ1v) is 9.12. The molecule has 0 fully saturated rings. The number of rotatable bonds is 3. The summed E-state index contributed by atoms with van der Waals surface area (Å²) in [5, 5.41) is 0. The lowest BCUT2D eigenvalue weighted by molar-refractivity contribution is 0.231. The SMILES string of the molecule is CC(C)(C)CC(C)(C)C[Si](C)(C)C. The van der Waals surface area contributed by atoms with Crippen molar-refractivity contribution in [3.63, 3.8) is 0 Å². The Morgan fingerprint density at radius 2 is 1.23 bits per heavy atom. The van der Waals surface area contributed by atoms with E-state index in [2.05, 4.69) is 54.3 Å². The van der Waals surface area contributed by atoms with Crippen molar-refractivity contribution in [3.05, 3.63) is 0 Å². The van der Waals surface area contributed by atoms with Crippen molar-refractivity contribution in [2.45, 2.75) is 66.7 Å². The average molecular weight is 200 g/mol. The molecule has 0 aromatic heterocycles. The minimum absolute atomic E-state index is 0.475. The van der Waals surface area contributed by atoms with Crippen LogP contribution in [0.4, 0.5) is 0 Å². The second kappa shape index (κ2) is 3.76. The van der Waals surface area contributed by atoms with Gasteiger partial charge in [-0.3, -0.25) is 0 Å². The zero-order chi connectivity index (χ0) is 10.9. The molecule has 0 saturated carbocycles. The van der Waals surface area contributed by atoms with E-state index in [1.54, 1.807) is 0 Å². The summed E-state index contributed by atoms with van der Waals surface area (Å²) in [6.45, 7) is 19.3. The van der Waals surface area contributed by atoms with Crippen molar-refractivity contribution < 1.29 is 0 Å². The molecule has 0 radical (unpaired) electrons. The molecule has 0 heterocycles. The zero-order valence-electron chi connectivity index (χ0n) is 10.9. The first-order chi connectivity index (χ1) is 5.41. The third kappa shape index (κ3) is 8.54. The fourth-order valence-electron chi connectivity index (χ4n) is 2.93. The maximum absolute atomic E-state index is 2.47. The highest BCUT2D eigenvalue weighted by Crippen LogP contribution is 2.39. The molecule has 1 heteroatoms. The predicted octanol–water partition coefficient (Wildman–Crippen LogP) is 4.79. The lowest BCUT2D eigenvalue weighted by atomic mass is 9.77. The van der Waals surface area contributed by atoms with Gasteiger partial charge in [0.05, 0.1) is 0 Å². The molecule has 0 aliphatic heterocycles. The molecule has 0 unspecified atom stereocenters. The lowest BCUT2D eigenvalue weighted by Crippen LogP contribution is -2.31. The number of hydrogen-bond acceptors (Lipinski definition) is 0. The second-order valence-electron chi connectivity index (χ2n) is 7.64. The maximum atomic E-state index is 2.47. The summed E-state index contributed by atoms with van der Waals surface area (Å²) in [4.78, 5) is 0. The highest BCUT2D eigenvalue weighted by Gasteiger charge is 2.30. The maximum Gasteiger partial charge on any atom is 0.0447 e. The Morgan fingerprint density at radius 1 is 0.846 bits per heavy atom. The first kappa shape index (κ1) is 13.2. The van der Waals surface area contributed by atoms with Crippen LogP contribution in [0.1, 0.15) is 41.0 Å². The Morgan fingerprint density at radius 3 is 1.46 bits per heavy atom. The van der Waals surface area contributed by atoms with Crippen LogP contribution in [0.15, 0.2) is 0 Å². The summed E-state index contributed by atoms with van der Waals surface area (Å²) < 4.78 is 0. The van der Waals surface area contributed by atoms with E-state index < -0.39 is 8.07 Å². The topological polar surface area (TPSA) is 0 Å². The molecule has 13 heavy (non-hydrogen) atoms. The predicted molar refractivity (Wildman–Crippen MR) is 66.0 cm³/mol. The summed E-state index contributed by atoms with van der Waals surface area (Å²) in [5.74, 6) is 0. The molecule has 0 aliphatic rings. The Hall–Kier alpha value is 0.217. The molecule has 0 nitrogen and oxygen atoms in total. The van der Waals surface area contributed by atoms with Crippen molar-refractivity contribution in [1.29, 1.82) is 0 Å². The Labute approximate surface area is 86.1 Å². The first-order valence-electron chi connectivity index (χ1n) is 5.41. The van der Waals surface area contributed by atoms with Crippen molar-refractivity contribution in [2.24, 2.45) is 10.8 Å². The van der Waals surface area contributed by atoms with E-state index in [0.29, 0.717) is 10.8 Å². The molecule has 0 rings (SSSR count). The number of hydrogen-bond donors (Lipinski definition) is 0. The molecule has 0 saturated heterocycles. The van der Waals surface area contributed by atoms with E-state index in [-0.39, 0.29) is 0 Å². The van der Waals surface area contributed by atoms with Crippen molar-refractivity contribution in [1.82, 2.24) is 0 Å². The second-order valence-corrected chi connectivity index (χ2v) is 13.1. The van der Waals surface area contributed by atoms with Crippen LogP contribution in [0.3, 0.4) is 0 Å². The molecule has 0 amide bonds. The zero-order valence-corrected chi connectivity index (χ0v) is 11.9. The summed E-state index contributed by atoms with van der Waals surface area (Å²) in [6, 6.07) is 1.44. The fraction of sp³-hybridized carbons (Fsp3) is 1.00. The Kier molecular flexibility index (Phi) is 3.82. The van der Waals surface area contributed by atoms with Crippen LogP contribution in [0, 0.1) is 10.8 Å². The monoisotopic (exact) mass is 200 g/mol. The van der Waals surface area contributed by atoms with Gasteiger partial charge in [0, 0.05) is 8.07 Å². The van der Waals surface area contributed by atoms with Crippen LogP contribution in [0.2, 0.25) is 25.7 Å². The average Bonchev–Trinajstić information content (AvgIpc) is 1.43. The standard InChI is InChI=1S/C12H28Si/c1-11(2,3)9-12(4,5)10-13(6,7)8/h9-10H2,1-8H3. The van der Waals surface area contributed by atoms with Gasteiger partial charge < -0.3 is 0 Å². The summed E-state index contributed by atoms with van der Waals surface area (Å²) >= 11 is 0. The molecule has 80 valence electrons. The summed E-state index contributed by atoms with van der Waals surface area (Å²) in [5.41, 5.74) is 1.01. The summed E-state index contributed by atoms with van der Waals surface area (Å²) in [7, 11) is -0.892. The molecule has 0 spiro atoms. The van der Waals surface area contributed by atoms with Crippen molar-refractivity contribution in [2.75, 3.05) is 0 Å². The van der Waals surface area contributed by atoms with Crippen LogP contribution >= 0.6 is 0 Å². The van der Waals surface area contributed by atoms with Crippen molar-refractivity contribution >= 4 is 8.07 Å². The van der Waals surface area contributed by atoms with E-state index in [4.69, 9.17) is 0 Å². The Balaban J connectivity index is 4.25. The van der Waals surface area contributed by atoms with E-state index >= 15 is 0 Å². The lowest BCUT2D eigenvalue weighted by Gasteiger charge is -2.36. The third-order valence-corrected chi connectivity index (χ3v) is 4.04. The molecular weight excluding hydrogens is 172 g/mol. The van der Waals surface area contributed by atoms with Crippen LogP contribution < -0.4 is 0 Å². The minimum Gasteiger partial charge on any atom is -0.0695 e. The van der Waals surface area contributed by atoms with Crippen LogP contribution in [0.25, 0.3) is 0 Å². The van der Waals surface area contributed by atoms with Gasteiger partial charge >= 0.3 is 0 Å². The largest absolute Gasteiger partial charge is 0.0695 e. The molecule has 0 atom stereocenters. The molecule has 0 aromatic carbocycles. The molecular formula is C12H28Si. The molecule has 0 aliphatic carbocycles. The van der Waals surface area contributed by atoms with Crippen molar-refractivity contribution in [3.8, 4) is 0 Å². The van der Waals surface area contributed by atoms with Crippen LogP contribution in [-0.2, 0) is 0 Å². The van der Waals surface area contributed by atoms with Crippen LogP contribution in [-0.4, -0.2) is 8.07 Å². The van der Waals surface area contributed by atoms with E-state index in [0.717, 1.165) is 0 Å². The van der Waals surface area contributed by atoms with Gasteiger partial charge in [-0.1, -0.05) is 60.3 Å². The van der Waals surface area contributed by atoms with E-state index in [9.17, 15) is 0 Å². The van der Waals surface area contributed by atoms with Gasteiger partial charge in [0.25, 0.3) is 0 Å². The molecule has 0 bridgehead atoms. The Bertz CT molecular complexity index is 137. The quantitative estimate of drug-likeness (QED) is 0.575. The summed E-state index contributed by atoms with van der Waals surface area (Å²) in [6.07, 6.45) is 1.34. The normalized spacial score (nSPS) is 14.8. The highest BCUT2D eigenvalue weighted by molar-refractivity contribution is 6.76. The molecule has 0 aromatic rings. The van der Waals surface area contributed by atoms with Gasteiger partial charge in [-0.15, -0.1) is 0 Å². The van der Waals surface area contributed by atoms with Gasteiger partial charge in [0.1, 0.15) is 0 Å². The fourth-order valence-corrected chi connectivity index (χ4v) is 5.93. The van der Waals surface area contributed by atoms with E-state index in [1.165, 1.54) is 12.5 Å². The third-order valence-electron chi connectivity index (χ3n) is 2.02. The van der Waals surface area contributed by atoms with Crippen LogP contribution in [0.5, 0.6) is 0 Å². The van der Waals surface area contributed by atoms with Gasteiger partial charge in [-0.05, 0) is 17.3 Å². The van der Waals surface area contributed by atoms with Gasteiger partial charge in [-0.2, -0.15) is 0 Å².